The van der Waals surface area contributed by atoms with Crippen molar-refractivity contribution >= 4 is 11.8 Å². The second-order valence-corrected chi connectivity index (χ2v) is 20.8. The number of hydrogen-bond donors (Lipinski definition) is 21. The van der Waals surface area contributed by atoms with Crippen LogP contribution >= 0.6 is 0 Å². The summed E-state index contributed by atoms with van der Waals surface area (Å²) in [4.78, 5) is 25.8. The van der Waals surface area contributed by atoms with Crippen LogP contribution in [0.2, 0.25) is 0 Å². The van der Waals surface area contributed by atoms with Gasteiger partial charge in [0, 0.05) is 13.8 Å². The summed E-state index contributed by atoms with van der Waals surface area (Å²) < 4.78 is 72.3. The molecular formula is C46H80N2O33. The highest BCUT2D eigenvalue weighted by Gasteiger charge is 2.60. The quantitative estimate of drug-likeness (QED) is 0.0479. The smallest absolute Gasteiger partial charge is 0.217 e. The third-order valence-electron chi connectivity index (χ3n) is 14.9. The summed E-state index contributed by atoms with van der Waals surface area (Å²) in [6.45, 7) is 0.211. The van der Waals surface area contributed by atoms with Crippen LogP contribution in [0.1, 0.15) is 34.6 Å². The Balaban J connectivity index is 1.50. The summed E-state index contributed by atoms with van der Waals surface area (Å²) in [6, 6.07) is -3.70. The van der Waals surface area contributed by atoms with Gasteiger partial charge in [0.1, 0.15) is 146 Å². The predicted molar refractivity (Wildman–Crippen MR) is 253 cm³/mol. The van der Waals surface area contributed by atoms with E-state index in [1.165, 1.54) is 20.8 Å². The number of carbonyl (C=O) groups is 2. The Labute approximate surface area is 461 Å². The fourth-order valence-electron chi connectivity index (χ4n) is 10.2. The van der Waals surface area contributed by atoms with Crippen LogP contribution in [-0.2, 0) is 66.4 Å². The predicted octanol–water partition coefficient (Wildman–Crippen LogP) is -13.3. The van der Waals surface area contributed by atoms with Crippen molar-refractivity contribution in [2.75, 3.05) is 33.0 Å². The first-order valence-corrected chi connectivity index (χ1v) is 26.1. The molecule has 6 aliphatic heterocycles. The molecule has 0 aromatic rings. The van der Waals surface area contributed by atoms with Crippen LogP contribution in [0.15, 0.2) is 0 Å². The first-order valence-electron chi connectivity index (χ1n) is 26.1. The van der Waals surface area contributed by atoms with Gasteiger partial charge in [0.25, 0.3) is 0 Å². The molecule has 0 saturated carbocycles. The van der Waals surface area contributed by atoms with Gasteiger partial charge in [-0.3, -0.25) is 9.59 Å². The highest BCUT2D eigenvalue weighted by atomic mass is 16.8. The number of aliphatic hydroxyl groups is 19. The van der Waals surface area contributed by atoms with Crippen molar-refractivity contribution in [3.63, 3.8) is 0 Å². The minimum Gasteiger partial charge on any atom is -0.394 e. The molecule has 0 aromatic heterocycles. The number of aliphatic hydroxyl groups excluding tert-OH is 19. The van der Waals surface area contributed by atoms with Gasteiger partial charge in [-0.05, 0) is 20.8 Å². The molecule has 6 heterocycles. The van der Waals surface area contributed by atoms with E-state index in [-0.39, 0.29) is 0 Å². The molecule has 6 fully saturated rings. The standard InChI is InChI=1S/C46H80N2O33/c1-11-22(57)28(63)32(67)42(70-11)77-36-20(10-53)75-41(21(48-15(5)55)37(36)78-45-39(31(66)26(61)18(8-51)73-45)80-43-33(68)29(64)23(58)12(2)71-43)79-38-27(62)19(9-52)74-46(40(38)81-44-34(69)30(65)24(59)13(3)72-44)76-35(25(60)17(56)7-50)16(6-49)47-14(4)54/h11-13,16-46,49-53,56-69H,6-10H2,1-5H3,(H,47,54)(H,48,55)/t11-,12-,13-,16-,17+,18+,19+,20+,21+,22+,23+,24+,25-,26-,27-,28+,29+,30+,31-,32-,33-,34-,35+,36+,37+,38-,39+,40+,41-,42-,43-,44-,45-,46-/m0/s1. The van der Waals surface area contributed by atoms with Crippen molar-refractivity contribution in [3.05, 3.63) is 0 Å². The molecule has 21 N–H and O–H groups in total. The second kappa shape index (κ2) is 29.4. The molecule has 6 aliphatic rings. The number of ether oxygens (including phenoxy) is 12. The average Bonchev–Trinajstić information content (AvgIpc) is 3.59. The van der Waals surface area contributed by atoms with Gasteiger partial charge in [-0.25, -0.2) is 0 Å². The zero-order valence-corrected chi connectivity index (χ0v) is 44.4. The molecular weight excluding hydrogens is 1110 g/mol. The fraction of sp³-hybridized carbons (Fsp3) is 0.957. The monoisotopic (exact) mass is 1190 g/mol. The summed E-state index contributed by atoms with van der Waals surface area (Å²) in [6.07, 6.45) is -62.9. The number of nitrogens with one attached hydrogen (secondary N) is 2. The van der Waals surface area contributed by atoms with Crippen LogP contribution in [0.25, 0.3) is 0 Å². The van der Waals surface area contributed by atoms with Crippen LogP contribution in [-0.4, -0.2) is 350 Å². The first-order chi connectivity index (χ1) is 38.1. The zero-order chi connectivity index (χ0) is 60.2. The molecule has 0 unspecified atom stereocenters. The molecule has 34 atom stereocenters. The topological polar surface area (TPSA) is 553 Å². The van der Waals surface area contributed by atoms with Crippen LogP contribution in [0, 0.1) is 0 Å². The maximum Gasteiger partial charge on any atom is 0.217 e. The lowest BCUT2D eigenvalue weighted by Gasteiger charge is -2.52. The molecule has 6 saturated heterocycles. The van der Waals surface area contributed by atoms with Crippen molar-refractivity contribution in [1.29, 1.82) is 0 Å². The van der Waals surface area contributed by atoms with Gasteiger partial charge in [-0.15, -0.1) is 0 Å². The second-order valence-electron chi connectivity index (χ2n) is 20.8. The summed E-state index contributed by atoms with van der Waals surface area (Å²) in [5, 5.41) is 211. The molecule has 35 heteroatoms. The van der Waals surface area contributed by atoms with E-state index in [9.17, 15) is 107 Å². The molecule has 6 rings (SSSR count). The van der Waals surface area contributed by atoms with Gasteiger partial charge in [0.05, 0.1) is 57.4 Å². The molecule has 472 valence electrons. The van der Waals surface area contributed by atoms with Gasteiger partial charge in [0.15, 0.2) is 37.7 Å². The third kappa shape index (κ3) is 15.1. The highest BCUT2D eigenvalue weighted by Crippen LogP contribution is 2.39. The molecule has 35 nitrogen and oxygen atoms in total. The number of carbonyl (C=O) groups excluding carboxylic acids is 2. The Hall–Kier alpha value is -2.30. The maximum atomic E-state index is 13.5. The number of hydrogen-bond acceptors (Lipinski definition) is 33. The number of amides is 2. The van der Waals surface area contributed by atoms with Crippen molar-refractivity contribution in [1.82, 2.24) is 10.6 Å². The zero-order valence-electron chi connectivity index (χ0n) is 44.4. The lowest BCUT2D eigenvalue weighted by Crippen LogP contribution is -2.72. The van der Waals surface area contributed by atoms with E-state index in [1.54, 1.807) is 0 Å². The average molecular weight is 1190 g/mol. The largest absolute Gasteiger partial charge is 0.394 e. The molecule has 81 heavy (non-hydrogen) atoms. The molecule has 0 bridgehead atoms. The van der Waals surface area contributed by atoms with E-state index in [1.807, 2.05) is 0 Å². The van der Waals surface area contributed by atoms with Crippen LogP contribution in [0.4, 0.5) is 0 Å². The van der Waals surface area contributed by atoms with Crippen LogP contribution in [0.5, 0.6) is 0 Å². The van der Waals surface area contributed by atoms with Gasteiger partial charge < -0.3 is 164 Å². The molecule has 0 aliphatic carbocycles. The fourth-order valence-corrected chi connectivity index (χ4v) is 10.2. The Kier molecular flexibility index (Phi) is 24.6. The van der Waals surface area contributed by atoms with E-state index in [4.69, 9.17) is 56.8 Å². The number of rotatable bonds is 22. The summed E-state index contributed by atoms with van der Waals surface area (Å²) in [5.41, 5.74) is 0. The van der Waals surface area contributed by atoms with Crippen molar-refractivity contribution in [2.24, 2.45) is 0 Å². The molecule has 0 spiro atoms. The van der Waals surface area contributed by atoms with E-state index in [0.717, 1.165) is 13.8 Å². The van der Waals surface area contributed by atoms with Crippen LogP contribution in [0.3, 0.4) is 0 Å². The van der Waals surface area contributed by atoms with Crippen molar-refractivity contribution in [3.8, 4) is 0 Å². The lowest BCUT2D eigenvalue weighted by atomic mass is 9.93. The third-order valence-corrected chi connectivity index (χ3v) is 14.9. The minimum atomic E-state index is -2.25. The Morgan fingerprint density at radius 2 is 0.840 bits per heavy atom. The molecule has 0 radical (unpaired) electrons. The van der Waals surface area contributed by atoms with E-state index < -0.39 is 253 Å². The maximum absolute atomic E-state index is 13.5. The Morgan fingerprint density at radius 3 is 1.28 bits per heavy atom. The van der Waals surface area contributed by atoms with E-state index in [2.05, 4.69) is 10.6 Å². The first kappa shape index (κ1) is 67.8. The summed E-state index contributed by atoms with van der Waals surface area (Å²) >= 11 is 0. The summed E-state index contributed by atoms with van der Waals surface area (Å²) in [7, 11) is 0. The van der Waals surface area contributed by atoms with Crippen molar-refractivity contribution < 1.29 is 163 Å². The van der Waals surface area contributed by atoms with Gasteiger partial charge in [-0.2, -0.15) is 0 Å². The Bertz CT molecular complexity index is 1960. The Morgan fingerprint density at radius 1 is 0.420 bits per heavy atom. The van der Waals surface area contributed by atoms with E-state index >= 15 is 0 Å². The van der Waals surface area contributed by atoms with Crippen LogP contribution < -0.4 is 10.6 Å². The molecule has 2 amide bonds. The lowest BCUT2D eigenvalue weighted by molar-refractivity contribution is -0.407. The molecule has 0 aromatic carbocycles. The van der Waals surface area contributed by atoms with Gasteiger partial charge in [0.2, 0.25) is 11.8 Å². The summed E-state index contributed by atoms with van der Waals surface area (Å²) in [5.74, 6) is -1.81. The SMILES string of the molecule is CC(=O)N[C@H]1[C@H](O[C@H]2[C@@H](O)[C@@H](CO)O[C@@H](O[C@@H]([C@@H](O)[C@H](O)CO)[C@H](CO)NC(C)=O)[C@@H]2O[C@@H]2O[C@@H](C)[C@@H](O)[C@@H](O)[C@@H]2O)O[C@H](CO)[C@@H](O[C@@H]2O[C@@H](C)[C@@H](O)[C@@H](O)[C@@H]2O)[C@@H]1O[C@@H]1O[C@H](CO)[C@H](O)[C@H](O)[C@H]1O[C@@H]1O[C@@H](C)[C@@H](O)[C@@H](O)[C@@H]1O. The highest BCUT2D eigenvalue weighted by molar-refractivity contribution is 5.73. The van der Waals surface area contributed by atoms with Gasteiger partial charge >= 0.3 is 0 Å². The minimum absolute atomic E-state index is 0.832. The van der Waals surface area contributed by atoms with E-state index in [0.29, 0.717) is 0 Å². The van der Waals surface area contributed by atoms with Gasteiger partial charge in [-0.1, -0.05) is 0 Å². The van der Waals surface area contributed by atoms with Crippen molar-refractivity contribution in [2.45, 2.75) is 243 Å². The normalized spacial score (nSPS) is 47.7.